The second kappa shape index (κ2) is 6.83. The number of rotatable bonds is 4. The smallest absolute Gasteiger partial charge is 0.135 e. The number of aryl methyl sites for hydroxylation is 1. The molecular formula is C14H14ClN3O2. The van der Waals surface area contributed by atoms with Gasteiger partial charge in [-0.25, -0.2) is 0 Å². The molecule has 1 heterocycles. The van der Waals surface area contributed by atoms with Gasteiger partial charge in [0.05, 0.1) is 24.8 Å². The van der Waals surface area contributed by atoms with Crippen LogP contribution in [0.1, 0.15) is 11.3 Å². The van der Waals surface area contributed by atoms with Crippen LogP contribution in [0.15, 0.2) is 24.4 Å². The molecule has 0 saturated carbocycles. The maximum Gasteiger partial charge on any atom is 0.135 e. The molecule has 6 heteroatoms. The minimum absolute atomic E-state index is 0.265. The Morgan fingerprint density at radius 2 is 2.25 bits per heavy atom. The molecule has 0 fully saturated rings. The topological polar surface area (TPSA) is 49.2 Å². The molecular weight excluding hydrogens is 278 g/mol. The molecule has 2 aromatic rings. The van der Waals surface area contributed by atoms with E-state index in [9.17, 15) is 0 Å². The summed E-state index contributed by atoms with van der Waals surface area (Å²) in [4.78, 5) is 0. The molecule has 20 heavy (non-hydrogen) atoms. The maximum atomic E-state index is 5.72. The lowest BCUT2D eigenvalue weighted by Gasteiger charge is -2.08. The summed E-state index contributed by atoms with van der Waals surface area (Å²) in [6.45, 7) is 0.329. The SMILES string of the molecule is COc1ccc(OCc2cn(C)nn2)c(C#CCCl)c1. The van der Waals surface area contributed by atoms with Gasteiger partial charge >= 0.3 is 0 Å². The Labute approximate surface area is 122 Å². The van der Waals surface area contributed by atoms with Crippen LogP contribution < -0.4 is 9.47 Å². The van der Waals surface area contributed by atoms with Gasteiger partial charge in [0, 0.05) is 7.05 Å². The predicted octanol–water partition coefficient (Wildman–Crippen LogP) is 1.99. The number of hydrogen-bond donors (Lipinski definition) is 0. The van der Waals surface area contributed by atoms with E-state index in [1.54, 1.807) is 25.0 Å². The Morgan fingerprint density at radius 3 is 2.90 bits per heavy atom. The van der Waals surface area contributed by atoms with Crippen molar-refractivity contribution in [3.05, 3.63) is 35.7 Å². The van der Waals surface area contributed by atoms with Crippen molar-refractivity contribution < 1.29 is 9.47 Å². The average Bonchev–Trinajstić information content (AvgIpc) is 2.89. The number of hydrogen-bond acceptors (Lipinski definition) is 4. The van der Waals surface area contributed by atoms with Crippen LogP contribution in [0.2, 0.25) is 0 Å². The quantitative estimate of drug-likeness (QED) is 0.638. The maximum absolute atomic E-state index is 5.72. The van der Waals surface area contributed by atoms with Crippen molar-refractivity contribution in [1.29, 1.82) is 0 Å². The fourth-order valence-corrected chi connectivity index (χ4v) is 1.67. The van der Waals surface area contributed by atoms with Crippen LogP contribution in [-0.4, -0.2) is 28.0 Å². The van der Waals surface area contributed by atoms with E-state index < -0.39 is 0 Å². The van der Waals surface area contributed by atoms with Gasteiger partial charge in [-0.1, -0.05) is 17.1 Å². The molecule has 0 atom stereocenters. The number of nitrogens with zero attached hydrogens (tertiary/aromatic N) is 3. The molecule has 104 valence electrons. The first-order valence-electron chi connectivity index (χ1n) is 5.94. The van der Waals surface area contributed by atoms with Crippen molar-refractivity contribution in [1.82, 2.24) is 15.0 Å². The molecule has 0 aliphatic heterocycles. The first-order chi connectivity index (χ1) is 9.72. The highest BCUT2D eigenvalue weighted by Gasteiger charge is 2.06. The summed E-state index contributed by atoms with van der Waals surface area (Å²) in [5, 5.41) is 7.81. The van der Waals surface area contributed by atoms with E-state index in [1.807, 2.05) is 18.2 Å². The number of ether oxygens (including phenoxy) is 2. The van der Waals surface area contributed by atoms with Crippen LogP contribution in [0.5, 0.6) is 11.5 Å². The van der Waals surface area contributed by atoms with Gasteiger partial charge < -0.3 is 9.47 Å². The van der Waals surface area contributed by atoms with E-state index in [4.69, 9.17) is 21.1 Å². The number of aromatic nitrogens is 3. The summed E-state index contributed by atoms with van der Waals surface area (Å²) in [5.41, 5.74) is 1.48. The van der Waals surface area contributed by atoms with Gasteiger partial charge in [-0.15, -0.1) is 16.7 Å². The molecule has 0 saturated heterocycles. The lowest BCUT2D eigenvalue weighted by molar-refractivity contribution is 0.299. The van der Waals surface area contributed by atoms with Crippen molar-refractivity contribution in [2.75, 3.05) is 13.0 Å². The Bertz CT molecular complexity index is 643. The van der Waals surface area contributed by atoms with Crippen molar-refractivity contribution in [2.24, 2.45) is 7.05 Å². The summed E-state index contributed by atoms with van der Waals surface area (Å²) in [7, 11) is 3.41. The van der Waals surface area contributed by atoms with E-state index in [0.717, 1.165) is 17.0 Å². The van der Waals surface area contributed by atoms with E-state index in [2.05, 4.69) is 22.2 Å². The Morgan fingerprint density at radius 1 is 1.40 bits per heavy atom. The number of methoxy groups -OCH3 is 1. The lowest BCUT2D eigenvalue weighted by Crippen LogP contribution is -1.98. The first kappa shape index (κ1) is 14.2. The van der Waals surface area contributed by atoms with Gasteiger partial charge in [-0.3, -0.25) is 4.68 Å². The third-order valence-electron chi connectivity index (χ3n) is 2.50. The van der Waals surface area contributed by atoms with Crippen LogP contribution in [0.3, 0.4) is 0 Å². The fraction of sp³-hybridized carbons (Fsp3) is 0.286. The predicted molar refractivity (Wildman–Crippen MR) is 75.9 cm³/mol. The molecule has 0 N–H and O–H groups in total. The zero-order chi connectivity index (χ0) is 14.4. The number of halogens is 1. The largest absolute Gasteiger partial charge is 0.497 e. The standard InChI is InChI=1S/C14H14ClN3O2/c1-18-9-12(16-17-18)10-20-14-6-5-13(19-2)8-11(14)4-3-7-15/h5-6,8-9H,7,10H2,1-2H3. The zero-order valence-corrected chi connectivity index (χ0v) is 12.0. The van der Waals surface area contributed by atoms with Crippen LogP contribution in [0.25, 0.3) is 0 Å². The molecule has 0 spiro atoms. The monoisotopic (exact) mass is 291 g/mol. The van der Waals surface area contributed by atoms with Gasteiger partial charge in [-0.05, 0) is 18.2 Å². The van der Waals surface area contributed by atoms with Gasteiger partial charge in [0.15, 0.2) is 0 Å². The van der Waals surface area contributed by atoms with Crippen molar-refractivity contribution in [2.45, 2.75) is 6.61 Å². The van der Waals surface area contributed by atoms with E-state index in [1.165, 1.54) is 0 Å². The molecule has 0 aliphatic rings. The van der Waals surface area contributed by atoms with Crippen molar-refractivity contribution in [3.8, 4) is 23.3 Å². The van der Waals surface area contributed by atoms with Crippen LogP contribution >= 0.6 is 11.6 Å². The first-order valence-corrected chi connectivity index (χ1v) is 6.47. The van der Waals surface area contributed by atoms with Gasteiger partial charge in [0.2, 0.25) is 0 Å². The Hall–Kier alpha value is -2.19. The van der Waals surface area contributed by atoms with E-state index >= 15 is 0 Å². The summed E-state index contributed by atoms with van der Waals surface area (Å²) < 4.78 is 12.5. The summed E-state index contributed by atoms with van der Waals surface area (Å²) in [6, 6.07) is 5.44. The summed E-state index contributed by atoms with van der Waals surface area (Å²) in [6.07, 6.45) is 1.80. The molecule has 0 unspecified atom stereocenters. The second-order valence-electron chi connectivity index (χ2n) is 3.97. The van der Waals surface area contributed by atoms with Gasteiger partial charge in [-0.2, -0.15) is 0 Å². The van der Waals surface area contributed by atoms with Crippen molar-refractivity contribution in [3.63, 3.8) is 0 Å². The molecule has 0 aliphatic carbocycles. The zero-order valence-electron chi connectivity index (χ0n) is 11.3. The fourth-order valence-electron chi connectivity index (χ4n) is 1.60. The third-order valence-corrected chi connectivity index (χ3v) is 2.64. The highest BCUT2D eigenvalue weighted by atomic mass is 35.5. The molecule has 2 rings (SSSR count). The number of alkyl halides is 1. The third kappa shape index (κ3) is 3.65. The van der Waals surface area contributed by atoms with Crippen LogP contribution in [0, 0.1) is 11.8 Å². The Balaban J connectivity index is 2.17. The molecule has 1 aromatic carbocycles. The summed E-state index contributed by atoms with van der Waals surface area (Å²) >= 11 is 5.59. The van der Waals surface area contributed by atoms with Crippen molar-refractivity contribution >= 4 is 11.6 Å². The van der Waals surface area contributed by atoms with Gasteiger partial charge in [0.25, 0.3) is 0 Å². The average molecular weight is 292 g/mol. The Kier molecular flexibility index (Phi) is 4.85. The second-order valence-corrected chi connectivity index (χ2v) is 4.24. The molecule has 0 radical (unpaired) electrons. The molecule has 5 nitrogen and oxygen atoms in total. The number of benzene rings is 1. The summed E-state index contributed by atoms with van der Waals surface area (Å²) in [5.74, 6) is 7.40. The normalized spacial score (nSPS) is 9.75. The molecule has 1 aromatic heterocycles. The molecule has 0 bridgehead atoms. The minimum Gasteiger partial charge on any atom is -0.497 e. The highest BCUT2D eigenvalue weighted by Crippen LogP contribution is 2.24. The van der Waals surface area contributed by atoms with Crippen LogP contribution in [0.4, 0.5) is 0 Å². The highest BCUT2D eigenvalue weighted by molar-refractivity contribution is 6.19. The van der Waals surface area contributed by atoms with Crippen LogP contribution in [-0.2, 0) is 13.7 Å². The van der Waals surface area contributed by atoms with E-state index in [-0.39, 0.29) is 5.88 Å². The lowest BCUT2D eigenvalue weighted by atomic mass is 10.2. The molecule has 0 amide bonds. The minimum atomic E-state index is 0.265. The van der Waals surface area contributed by atoms with E-state index in [0.29, 0.717) is 12.4 Å². The van der Waals surface area contributed by atoms with Gasteiger partial charge in [0.1, 0.15) is 23.8 Å².